The molecule has 204 valence electrons. The first-order valence-electron chi connectivity index (χ1n) is 13.6. The molecule has 7 heteroatoms. The van der Waals surface area contributed by atoms with Crippen LogP contribution in [0.5, 0.6) is 0 Å². The van der Waals surface area contributed by atoms with Crippen LogP contribution in [0.1, 0.15) is 88.5 Å². The van der Waals surface area contributed by atoms with Gasteiger partial charge >= 0.3 is 6.18 Å². The van der Waals surface area contributed by atoms with Gasteiger partial charge in [0.1, 0.15) is 11.6 Å². The van der Waals surface area contributed by atoms with Crippen molar-refractivity contribution in [2.45, 2.75) is 83.6 Å². The summed E-state index contributed by atoms with van der Waals surface area (Å²) in [5.41, 5.74) is -0.823. The molecule has 37 heavy (non-hydrogen) atoms. The van der Waals surface area contributed by atoms with Crippen molar-refractivity contribution >= 4 is 0 Å². The number of hydrogen-bond acceptors (Lipinski definition) is 2. The van der Waals surface area contributed by atoms with Gasteiger partial charge in [0.25, 0.3) is 0 Å². The van der Waals surface area contributed by atoms with E-state index in [4.69, 9.17) is 9.47 Å². The molecule has 0 radical (unpaired) electrons. The van der Waals surface area contributed by atoms with Crippen LogP contribution in [0.15, 0.2) is 36.4 Å². The lowest BCUT2D eigenvalue weighted by molar-refractivity contribution is -0.206. The number of halogens is 5. The fourth-order valence-electron chi connectivity index (χ4n) is 5.69. The number of alkyl halides is 3. The summed E-state index contributed by atoms with van der Waals surface area (Å²) in [6.07, 6.45) is 7.49. The molecule has 0 aromatic heterocycles. The lowest BCUT2D eigenvalue weighted by atomic mass is 9.77. The third-order valence-corrected chi connectivity index (χ3v) is 7.98. The fourth-order valence-corrected chi connectivity index (χ4v) is 5.69. The van der Waals surface area contributed by atoms with Crippen LogP contribution in [0.2, 0.25) is 0 Å². The minimum absolute atomic E-state index is 0.0187. The molecule has 1 saturated heterocycles. The molecule has 2 aromatic rings. The Bertz CT molecular complexity index is 1010. The van der Waals surface area contributed by atoms with E-state index in [1.807, 2.05) is 0 Å². The smallest absolute Gasteiger partial charge is 0.348 e. The van der Waals surface area contributed by atoms with E-state index in [0.717, 1.165) is 24.3 Å². The second kappa shape index (κ2) is 12.7. The van der Waals surface area contributed by atoms with E-state index in [9.17, 15) is 22.0 Å². The average Bonchev–Trinajstić information content (AvgIpc) is 2.88. The zero-order chi connectivity index (χ0) is 26.4. The van der Waals surface area contributed by atoms with Gasteiger partial charge in [-0.05, 0) is 42.0 Å². The predicted octanol–water partition coefficient (Wildman–Crippen LogP) is 9.48. The number of hydrogen-bond donors (Lipinski definition) is 0. The summed E-state index contributed by atoms with van der Waals surface area (Å²) in [6.45, 7) is 3.34. The van der Waals surface area contributed by atoms with Gasteiger partial charge in [-0.1, -0.05) is 82.9 Å². The van der Waals surface area contributed by atoms with Crippen LogP contribution in [-0.4, -0.2) is 13.2 Å². The molecule has 0 amide bonds. The molecule has 2 nitrogen and oxygen atoms in total. The van der Waals surface area contributed by atoms with Gasteiger partial charge in [0.05, 0.1) is 18.8 Å². The summed E-state index contributed by atoms with van der Waals surface area (Å²) in [7, 11) is 0. The molecule has 0 N–H and O–H groups in total. The van der Waals surface area contributed by atoms with Crippen molar-refractivity contribution in [3.05, 3.63) is 59.2 Å². The molecule has 0 unspecified atom stereocenters. The predicted molar refractivity (Wildman–Crippen MR) is 134 cm³/mol. The van der Waals surface area contributed by atoms with Crippen LogP contribution in [0.25, 0.3) is 11.1 Å². The zero-order valence-electron chi connectivity index (χ0n) is 21.5. The van der Waals surface area contributed by atoms with E-state index < -0.39 is 29.7 Å². The molecule has 0 spiro atoms. The van der Waals surface area contributed by atoms with Gasteiger partial charge in [0.15, 0.2) is 6.29 Å². The molecular weight excluding hydrogens is 487 g/mol. The first-order valence-corrected chi connectivity index (χ1v) is 13.6. The Labute approximate surface area is 216 Å². The average molecular weight is 525 g/mol. The van der Waals surface area contributed by atoms with Crippen LogP contribution in [0.4, 0.5) is 22.0 Å². The Balaban J connectivity index is 1.24. The maximum atomic E-state index is 14.8. The maximum absolute atomic E-state index is 14.8. The van der Waals surface area contributed by atoms with E-state index >= 15 is 0 Å². The zero-order valence-corrected chi connectivity index (χ0v) is 21.5. The quantitative estimate of drug-likeness (QED) is 0.240. The highest BCUT2D eigenvalue weighted by Gasteiger charge is 2.34. The van der Waals surface area contributed by atoms with Crippen LogP contribution < -0.4 is 0 Å². The monoisotopic (exact) mass is 524 g/mol. The topological polar surface area (TPSA) is 18.5 Å². The minimum atomic E-state index is -4.80. The van der Waals surface area contributed by atoms with E-state index in [-0.39, 0.29) is 11.1 Å². The van der Waals surface area contributed by atoms with Gasteiger partial charge in [0.2, 0.25) is 0 Å². The Kier molecular flexibility index (Phi) is 9.62. The fraction of sp³-hybridized carbons (Fsp3) is 0.600. The van der Waals surface area contributed by atoms with E-state index in [1.165, 1.54) is 69.9 Å². The first kappa shape index (κ1) is 28.0. The van der Waals surface area contributed by atoms with Crippen LogP contribution in [-0.2, 0) is 15.7 Å². The van der Waals surface area contributed by atoms with Crippen LogP contribution in [0.3, 0.4) is 0 Å². The van der Waals surface area contributed by atoms with Crippen molar-refractivity contribution in [3.8, 4) is 11.1 Å². The Morgan fingerprint density at radius 3 is 2.00 bits per heavy atom. The van der Waals surface area contributed by atoms with Crippen molar-refractivity contribution in [2.75, 3.05) is 13.2 Å². The lowest BCUT2D eigenvalue weighted by Crippen LogP contribution is -2.28. The van der Waals surface area contributed by atoms with Gasteiger partial charge in [-0.3, -0.25) is 0 Å². The Hall–Kier alpha value is -1.99. The molecule has 2 aromatic carbocycles. The summed E-state index contributed by atoms with van der Waals surface area (Å²) in [6, 6.07) is 6.68. The van der Waals surface area contributed by atoms with Gasteiger partial charge in [-0.25, -0.2) is 8.78 Å². The standard InChI is InChI=1S/C30H37F5O2/c1-2-3-4-5-20-6-8-21(9-7-20)10-11-22-18-36-29(37-19-22)24-12-14-25(27(31)17-24)23-13-15-26(28(32)16-23)30(33,34)35/h12-17,20-22,29H,2-11,18-19H2,1H3. The second-order valence-corrected chi connectivity index (χ2v) is 10.8. The summed E-state index contributed by atoms with van der Waals surface area (Å²) < 4.78 is 79.0. The number of benzene rings is 2. The second-order valence-electron chi connectivity index (χ2n) is 10.8. The van der Waals surface area contributed by atoms with E-state index in [1.54, 1.807) is 6.07 Å². The minimum Gasteiger partial charge on any atom is -0.348 e. The normalized spacial score (nSPS) is 24.8. The van der Waals surface area contributed by atoms with Crippen molar-refractivity contribution in [3.63, 3.8) is 0 Å². The summed E-state index contributed by atoms with van der Waals surface area (Å²) >= 11 is 0. The molecule has 4 rings (SSSR count). The Morgan fingerprint density at radius 1 is 0.757 bits per heavy atom. The molecule has 2 aliphatic rings. The number of unbranched alkanes of at least 4 members (excludes halogenated alkanes) is 2. The van der Waals surface area contributed by atoms with Crippen molar-refractivity contribution in [1.29, 1.82) is 0 Å². The van der Waals surface area contributed by atoms with Gasteiger partial charge in [0, 0.05) is 17.0 Å². The number of rotatable bonds is 9. The van der Waals surface area contributed by atoms with E-state index in [2.05, 4.69) is 6.92 Å². The highest BCUT2D eigenvalue weighted by atomic mass is 19.4. The summed E-state index contributed by atoms with van der Waals surface area (Å²) in [4.78, 5) is 0. The summed E-state index contributed by atoms with van der Waals surface area (Å²) in [5.74, 6) is -0.0840. The highest BCUT2D eigenvalue weighted by Crippen LogP contribution is 2.37. The molecule has 1 saturated carbocycles. The third-order valence-electron chi connectivity index (χ3n) is 7.98. The molecule has 2 fully saturated rings. The van der Waals surface area contributed by atoms with Crippen molar-refractivity contribution in [2.24, 2.45) is 17.8 Å². The summed E-state index contributed by atoms with van der Waals surface area (Å²) in [5, 5.41) is 0. The molecule has 0 bridgehead atoms. The molecule has 1 aliphatic carbocycles. The highest BCUT2D eigenvalue weighted by molar-refractivity contribution is 5.65. The molecule has 1 heterocycles. The third kappa shape index (κ3) is 7.53. The maximum Gasteiger partial charge on any atom is 0.419 e. The Morgan fingerprint density at radius 2 is 1.41 bits per heavy atom. The van der Waals surface area contributed by atoms with Gasteiger partial charge in [-0.15, -0.1) is 0 Å². The van der Waals surface area contributed by atoms with Crippen LogP contribution >= 0.6 is 0 Å². The van der Waals surface area contributed by atoms with E-state index in [0.29, 0.717) is 36.8 Å². The van der Waals surface area contributed by atoms with Gasteiger partial charge in [-0.2, -0.15) is 13.2 Å². The van der Waals surface area contributed by atoms with Crippen molar-refractivity contribution < 1.29 is 31.4 Å². The van der Waals surface area contributed by atoms with Crippen LogP contribution in [0, 0.1) is 29.4 Å². The van der Waals surface area contributed by atoms with Crippen molar-refractivity contribution in [1.82, 2.24) is 0 Å². The SMILES string of the molecule is CCCCCC1CCC(CCC2COC(c3ccc(-c4ccc(C(F)(F)F)c(F)c4)c(F)c3)OC2)CC1. The lowest BCUT2D eigenvalue weighted by Gasteiger charge is -2.32. The molecule has 1 aliphatic heterocycles. The molecular formula is C30H37F5O2. The first-order chi connectivity index (χ1) is 17.7. The molecule has 0 atom stereocenters. The van der Waals surface area contributed by atoms with Gasteiger partial charge < -0.3 is 9.47 Å². The largest absolute Gasteiger partial charge is 0.419 e. The number of ether oxygens (including phenoxy) is 2.